The molecule has 1 aliphatic heterocycles. The van der Waals surface area contributed by atoms with Gasteiger partial charge in [-0.3, -0.25) is 4.79 Å². The molecule has 2 aromatic carbocycles. The molecule has 1 aliphatic rings. The van der Waals surface area contributed by atoms with Crippen LogP contribution in [0.25, 0.3) is 0 Å². The number of anilines is 2. The second-order valence-corrected chi connectivity index (χ2v) is 8.79. The van der Waals surface area contributed by atoms with Crippen LogP contribution < -0.4 is 10.6 Å². The summed E-state index contributed by atoms with van der Waals surface area (Å²) in [5, 5.41) is 5.67. The molecule has 2 N–H and O–H groups in total. The van der Waals surface area contributed by atoms with Crippen molar-refractivity contribution in [3.63, 3.8) is 0 Å². The van der Waals surface area contributed by atoms with E-state index >= 15 is 0 Å². The zero-order valence-electron chi connectivity index (χ0n) is 15.7. The van der Waals surface area contributed by atoms with E-state index < -0.39 is 10.0 Å². The Labute approximate surface area is 164 Å². The quantitative estimate of drug-likeness (QED) is 0.773. The number of sulfonamides is 1. The number of piperidine rings is 1. The largest absolute Gasteiger partial charge is 0.376 e. The molecule has 3 rings (SSSR count). The van der Waals surface area contributed by atoms with Crippen LogP contribution in [0.5, 0.6) is 0 Å². The van der Waals surface area contributed by atoms with Crippen LogP contribution >= 0.6 is 0 Å². The lowest BCUT2D eigenvalue weighted by Gasteiger charge is -2.25. The monoisotopic (exact) mass is 405 g/mol. The van der Waals surface area contributed by atoms with Gasteiger partial charge in [-0.15, -0.1) is 0 Å². The highest BCUT2D eigenvalue weighted by molar-refractivity contribution is 7.89. The zero-order chi connectivity index (χ0) is 20.1. The number of nitrogens with one attached hydrogen (secondary N) is 2. The first-order valence-electron chi connectivity index (χ1n) is 9.26. The number of halogens is 1. The van der Waals surface area contributed by atoms with Crippen LogP contribution in [0.2, 0.25) is 0 Å². The third kappa shape index (κ3) is 4.88. The second-order valence-electron chi connectivity index (χ2n) is 6.85. The molecule has 8 heteroatoms. The molecule has 0 atom stereocenters. The number of carbonyl (C=O) groups is 1. The lowest BCUT2D eigenvalue weighted by atomic mass is 10.2. The average molecular weight is 405 g/mol. The lowest BCUT2D eigenvalue weighted by Crippen LogP contribution is -2.35. The topological polar surface area (TPSA) is 78.5 Å². The standard InChI is InChI=1S/C20H24FN3O3S/c1-15-13-16(21)5-10-19(15)22-14-20(25)23-17-6-8-18(9-7-17)28(26,27)24-11-3-2-4-12-24/h5-10,13,22H,2-4,11-12,14H2,1H3,(H,23,25). The maximum absolute atomic E-state index is 13.1. The first-order valence-corrected chi connectivity index (χ1v) is 10.7. The Kier molecular flexibility index (Phi) is 6.31. The number of carbonyl (C=O) groups excluding carboxylic acids is 1. The third-order valence-corrected chi connectivity index (χ3v) is 6.63. The Morgan fingerprint density at radius 2 is 1.75 bits per heavy atom. The Morgan fingerprint density at radius 3 is 2.39 bits per heavy atom. The van der Waals surface area contributed by atoms with E-state index in [4.69, 9.17) is 0 Å². The summed E-state index contributed by atoms with van der Waals surface area (Å²) in [6.45, 7) is 2.87. The summed E-state index contributed by atoms with van der Waals surface area (Å²) in [5.41, 5.74) is 1.90. The van der Waals surface area contributed by atoms with Crippen molar-refractivity contribution < 1.29 is 17.6 Å². The van der Waals surface area contributed by atoms with E-state index in [9.17, 15) is 17.6 Å². The SMILES string of the molecule is Cc1cc(F)ccc1NCC(=O)Nc1ccc(S(=O)(=O)N2CCCCC2)cc1. The van der Waals surface area contributed by atoms with Crippen LogP contribution in [-0.2, 0) is 14.8 Å². The first-order chi connectivity index (χ1) is 13.4. The predicted octanol–water partition coefficient (Wildman–Crippen LogP) is 3.36. The minimum Gasteiger partial charge on any atom is -0.376 e. The number of benzene rings is 2. The summed E-state index contributed by atoms with van der Waals surface area (Å²) in [6.07, 6.45) is 2.82. The van der Waals surface area contributed by atoms with Gasteiger partial charge in [0.25, 0.3) is 0 Å². The van der Waals surface area contributed by atoms with Gasteiger partial charge in [0.05, 0.1) is 11.4 Å². The van der Waals surface area contributed by atoms with Crippen molar-refractivity contribution in [1.29, 1.82) is 0 Å². The molecule has 0 spiro atoms. The summed E-state index contributed by atoms with van der Waals surface area (Å²) >= 11 is 0. The summed E-state index contributed by atoms with van der Waals surface area (Å²) < 4.78 is 39.9. The summed E-state index contributed by atoms with van der Waals surface area (Å²) in [6, 6.07) is 10.5. The van der Waals surface area contributed by atoms with Crippen molar-refractivity contribution in [2.24, 2.45) is 0 Å². The molecule has 2 aromatic rings. The van der Waals surface area contributed by atoms with Crippen molar-refractivity contribution >= 4 is 27.3 Å². The highest BCUT2D eigenvalue weighted by atomic mass is 32.2. The molecule has 150 valence electrons. The fourth-order valence-corrected chi connectivity index (χ4v) is 4.69. The van der Waals surface area contributed by atoms with E-state index in [1.165, 1.54) is 28.6 Å². The number of hydrogen-bond donors (Lipinski definition) is 2. The Morgan fingerprint density at radius 1 is 1.07 bits per heavy atom. The van der Waals surface area contributed by atoms with Crippen LogP contribution in [0.4, 0.5) is 15.8 Å². The molecule has 0 radical (unpaired) electrons. The minimum absolute atomic E-state index is 0.0142. The van der Waals surface area contributed by atoms with Gasteiger partial charge < -0.3 is 10.6 Å². The molecule has 6 nitrogen and oxygen atoms in total. The van der Waals surface area contributed by atoms with Gasteiger partial charge in [0.15, 0.2) is 0 Å². The van der Waals surface area contributed by atoms with Gasteiger partial charge in [0, 0.05) is 24.5 Å². The van der Waals surface area contributed by atoms with E-state index in [1.54, 1.807) is 25.1 Å². The van der Waals surface area contributed by atoms with Crippen molar-refractivity contribution in [3.05, 3.63) is 53.8 Å². The molecule has 1 fully saturated rings. The molecule has 1 saturated heterocycles. The fourth-order valence-electron chi connectivity index (χ4n) is 3.17. The fraction of sp³-hybridized carbons (Fsp3) is 0.350. The van der Waals surface area contributed by atoms with Gasteiger partial charge in [-0.2, -0.15) is 4.31 Å². The van der Waals surface area contributed by atoms with E-state index in [0.29, 0.717) is 30.0 Å². The summed E-state index contributed by atoms with van der Waals surface area (Å²) in [7, 11) is -3.48. The van der Waals surface area contributed by atoms with Gasteiger partial charge >= 0.3 is 0 Å². The Bertz CT molecular complexity index is 940. The second kappa shape index (κ2) is 8.70. The smallest absolute Gasteiger partial charge is 0.243 e. The van der Waals surface area contributed by atoms with E-state index in [0.717, 1.165) is 19.3 Å². The first kappa shape index (κ1) is 20.3. The maximum atomic E-state index is 13.1. The molecule has 0 aliphatic carbocycles. The summed E-state index contributed by atoms with van der Waals surface area (Å²) in [4.78, 5) is 12.3. The van der Waals surface area contributed by atoms with E-state index in [2.05, 4.69) is 10.6 Å². The molecule has 1 amide bonds. The van der Waals surface area contributed by atoms with Gasteiger partial charge in [0.2, 0.25) is 15.9 Å². The highest BCUT2D eigenvalue weighted by Gasteiger charge is 2.25. The average Bonchev–Trinajstić information content (AvgIpc) is 2.68. The number of amides is 1. The number of rotatable bonds is 6. The minimum atomic E-state index is -3.48. The summed E-state index contributed by atoms with van der Waals surface area (Å²) in [5.74, 6) is -0.609. The van der Waals surface area contributed by atoms with Crippen LogP contribution in [0.1, 0.15) is 24.8 Å². The van der Waals surface area contributed by atoms with Crippen molar-refractivity contribution in [3.8, 4) is 0 Å². The number of aryl methyl sites for hydroxylation is 1. The molecular weight excluding hydrogens is 381 g/mol. The van der Waals surface area contributed by atoms with E-state index in [-0.39, 0.29) is 23.2 Å². The Hall–Kier alpha value is -2.45. The van der Waals surface area contributed by atoms with Gasteiger partial charge in [-0.25, -0.2) is 12.8 Å². The van der Waals surface area contributed by atoms with Crippen molar-refractivity contribution in [2.45, 2.75) is 31.1 Å². The number of nitrogens with zero attached hydrogens (tertiary/aromatic N) is 1. The van der Waals surface area contributed by atoms with Gasteiger partial charge in [-0.05, 0) is 67.8 Å². The lowest BCUT2D eigenvalue weighted by molar-refractivity contribution is -0.114. The molecule has 0 bridgehead atoms. The Balaban J connectivity index is 1.58. The van der Waals surface area contributed by atoms with Crippen LogP contribution in [0.15, 0.2) is 47.4 Å². The van der Waals surface area contributed by atoms with Crippen LogP contribution in [0, 0.1) is 12.7 Å². The third-order valence-electron chi connectivity index (χ3n) is 4.72. The molecule has 28 heavy (non-hydrogen) atoms. The zero-order valence-corrected chi connectivity index (χ0v) is 16.6. The molecule has 1 heterocycles. The van der Waals surface area contributed by atoms with Crippen molar-refractivity contribution in [2.75, 3.05) is 30.3 Å². The normalized spacial score (nSPS) is 15.2. The van der Waals surface area contributed by atoms with Gasteiger partial charge in [0.1, 0.15) is 5.82 Å². The van der Waals surface area contributed by atoms with Crippen molar-refractivity contribution in [1.82, 2.24) is 4.31 Å². The number of hydrogen-bond acceptors (Lipinski definition) is 4. The van der Waals surface area contributed by atoms with Crippen LogP contribution in [0.3, 0.4) is 0 Å². The van der Waals surface area contributed by atoms with E-state index in [1.807, 2.05) is 0 Å². The molecule has 0 aromatic heterocycles. The van der Waals surface area contributed by atoms with Crippen LogP contribution in [-0.4, -0.2) is 38.3 Å². The predicted molar refractivity (Wildman–Crippen MR) is 107 cm³/mol. The molecule has 0 unspecified atom stereocenters. The maximum Gasteiger partial charge on any atom is 0.243 e. The molecule has 0 saturated carbocycles. The highest BCUT2D eigenvalue weighted by Crippen LogP contribution is 2.22. The molecular formula is C20H24FN3O3S. The van der Waals surface area contributed by atoms with Gasteiger partial charge in [-0.1, -0.05) is 6.42 Å².